The fourth-order valence-corrected chi connectivity index (χ4v) is 5.34. The summed E-state index contributed by atoms with van der Waals surface area (Å²) in [4.78, 5) is 13.3. The van der Waals surface area contributed by atoms with E-state index >= 15 is 4.39 Å². The molecule has 1 amide bonds. The van der Waals surface area contributed by atoms with E-state index in [1.165, 1.54) is 12.1 Å². The molecule has 1 aliphatic heterocycles. The first-order valence-corrected chi connectivity index (χ1v) is 12.1. The Labute approximate surface area is 200 Å². The molecule has 0 saturated heterocycles. The van der Waals surface area contributed by atoms with Crippen LogP contribution in [0.5, 0.6) is 5.75 Å². The number of halogens is 3. The van der Waals surface area contributed by atoms with Crippen LogP contribution in [0.1, 0.15) is 55.8 Å². The van der Waals surface area contributed by atoms with Crippen LogP contribution in [0.3, 0.4) is 0 Å². The lowest BCUT2D eigenvalue weighted by molar-refractivity contribution is -0.159. The number of hydrogen-bond donors (Lipinski definition) is 2. The number of amides is 1. The second-order valence-corrected chi connectivity index (χ2v) is 10.5. The van der Waals surface area contributed by atoms with Crippen LogP contribution in [0.4, 0.5) is 18.9 Å². The standard InChI is InChI=1S/C27H27F3N2O3/c1-25(5-6-25)23-13-16-12-20(19(28)14-21(16)32(23)9-2-10-33)31-24(34)26(7-8-26)18-3-4-22-17(11-18)15-27(29,30)35-22/h3-4,11-14,33H,2,5-10,15H2,1H3,(H,31,34). The number of hydrogen-bond acceptors (Lipinski definition) is 3. The van der Waals surface area contributed by atoms with E-state index in [-0.39, 0.29) is 29.4 Å². The van der Waals surface area contributed by atoms with E-state index < -0.39 is 23.8 Å². The van der Waals surface area contributed by atoms with Crippen LogP contribution in [0, 0.1) is 5.82 Å². The van der Waals surface area contributed by atoms with Gasteiger partial charge >= 0.3 is 6.11 Å². The largest absolute Gasteiger partial charge is 0.432 e. The molecule has 2 saturated carbocycles. The Morgan fingerprint density at radius 1 is 1.14 bits per heavy atom. The summed E-state index contributed by atoms with van der Waals surface area (Å²) in [6.07, 6.45) is 0.0878. The molecule has 0 atom stereocenters. The molecule has 184 valence electrons. The van der Waals surface area contributed by atoms with Crippen LogP contribution in [-0.4, -0.2) is 28.3 Å². The number of anilines is 1. The maximum atomic E-state index is 15.2. The van der Waals surface area contributed by atoms with Crippen LogP contribution < -0.4 is 10.1 Å². The molecular formula is C27H27F3N2O3. The zero-order chi connectivity index (χ0) is 24.6. The van der Waals surface area contributed by atoms with Crippen LogP contribution in [0.2, 0.25) is 0 Å². The number of nitrogens with zero attached hydrogens (tertiary/aromatic N) is 1. The number of ether oxygens (including phenoxy) is 1. The topological polar surface area (TPSA) is 63.5 Å². The summed E-state index contributed by atoms with van der Waals surface area (Å²) in [6.45, 7) is 2.84. The van der Waals surface area contributed by atoms with Gasteiger partial charge in [0, 0.05) is 41.3 Å². The maximum absolute atomic E-state index is 15.2. The lowest BCUT2D eigenvalue weighted by Gasteiger charge is -2.17. The summed E-state index contributed by atoms with van der Waals surface area (Å²) in [5, 5.41) is 12.9. The van der Waals surface area contributed by atoms with Crippen LogP contribution in [-0.2, 0) is 28.6 Å². The molecule has 0 bridgehead atoms. The number of aliphatic hydroxyl groups is 1. The molecule has 2 aliphatic carbocycles. The average Bonchev–Trinajstić information content (AvgIpc) is 3.70. The number of aryl methyl sites for hydroxylation is 1. The van der Waals surface area contributed by atoms with Gasteiger partial charge in [-0.15, -0.1) is 0 Å². The van der Waals surface area contributed by atoms with Crippen molar-refractivity contribution in [3.63, 3.8) is 0 Å². The third-order valence-electron chi connectivity index (χ3n) is 7.85. The molecule has 2 heterocycles. The van der Waals surface area contributed by atoms with Crippen molar-refractivity contribution in [2.75, 3.05) is 11.9 Å². The predicted molar refractivity (Wildman–Crippen MR) is 125 cm³/mol. The molecule has 0 unspecified atom stereocenters. The molecule has 2 aromatic carbocycles. The molecule has 2 N–H and O–H groups in total. The second-order valence-electron chi connectivity index (χ2n) is 10.5. The van der Waals surface area contributed by atoms with E-state index in [0.717, 1.165) is 29.4 Å². The minimum absolute atomic E-state index is 0.0561. The highest BCUT2D eigenvalue weighted by Gasteiger charge is 2.52. The zero-order valence-electron chi connectivity index (χ0n) is 19.5. The van der Waals surface area contributed by atoms with Gasteiger partial charge in [0.25, 0.3) is 0 Å². The Morgan fingerprint density at radius 3 is 2.60 bits per heavy atom. The van der Waals surface area contributed by atoms with Gasteiger partial charge in [-0.2, -0.15) is 8.78 Å². The number of benzene rings is 2. The van der Waals surface area contributed by atoms with Gasteiger partial charge in [-0.1, -0.05) is 19.1 Å². The number of aliphatic hydroxyl groups excluding tert-OH is 1. The molecule has 3 aromatic rings. The molecule has 5 nitrogen and oxygen atoms in total. The van der Waals surface area contributed by atoms with E-state index in [0.29, 0.717) is 36.9 Å². The summed E-state index contributed by atoms with van der Waals surface area (Å²) in [5.74, 6) is -0.729. The van der Waals surface area contributed by atoms with Gasteiger partial charge < -0.3 is 19.7 Å². The van der Waals surface area contributed by atoms with Crippen molar-refractivity contribution in [1.29, 1.82) is 0 Å². The molecule has 0 radical (unpaired) electrons. The van der Waals surface area contributed by atoms with Gasteiger partial charge in [-0.3, -0.25) is 4.79 Å². The number of alkyl halides is 2. The average molecular weight is 485 g/mol. The van der Waals surface area contributed by atoms with Crippen molar-refractivity contribution in [1.82, 2.24) is 4.57 Å². The Kier molecular flexibility index (Phi) is 4.81. The minimum Gasteiger partial charge on any atom is -0.432 e. The summed E-state index contributed by atoms with van der Waals surface area (Å²) < 4.78 is 49.2. The Bertz CT molecular complexity index is 1360. The van der Waals surface area contributed by atoms with Crippen molar-refractivity contribution in [2.24, 2.45) is 0 Å². The van der Waals surface area contributed by atoms with Gasteiger partial charge in [0.15, 0.2) is 0 Å². The van der Waals surface area contributed by atoms with Crippen molar-refractivity contribution in [3.8, 4) is 5.75 Å². The first kappa shape index (κ1) is 22.5. The van der Waals surface area contributed by atoms with Crippen LogP contribution in [0.15, 0.2) is 36.4 Å². The Morgan fingerprint density at radius 2 is 1.91 bits per heavy atom. The predicted octanol–water partition coefficient (Wildman–Crippen LogP) is 5.41. The van der Waals surface area contributed by atoms with Crippen molar-refractivity contribution in [2.45, 2.75) is 68.9 Å². The van der Waals surface area contributed by atoms with E-state index in [1.54, 1.807) is 18.2 Å². The number of nitrogens with one attached hydrogen (secondary N) is 1. The molecule has 2 fully saturated rings. The van der Waals surface area contributed by atoms with Gasteiger partial charge in [-0.05, 0) is 55.9 Å². The highest BCUT2D eigenvalue weighted by molar-refractivity contribution is 6.02. The maximum Gasteiger partial charge on any atom is 0.402 e. The van der Waals surface area contributed by atoms with Gasteiger partial charge in [0.1, 0.15) is 11.6 Å². The lowest BCUT2D eigenvalue weighted by atomic mass is 9.92. The molecule has 3 aliphatic rings. The summed E-state index contributed by atoms with van der Waals surface area (Å²) in [5.41, 5.74) is 2.21. The quantitative estimate of drug-likeness (QED) is 0.471. The molecule has 0 spiro atoms. The van der Waals surface area contributed by atoms with Crippen molar-refractivity contribution in [3.05, 3.63) is 59.0 Å². The molecular weight excluding hydrogens is 457 g/mol. The van der Waals surface area contributed by atoms with Gasteiger partial charge in [-0.25, -0.2) is 4.39 Å². The van der Waals surface area contributed by atoms with E-state index in [9.17, 15) is 18.7 Å². The number of rotatable bonds is 7. The summed E-state index contributed by atoms with van der Waals surface area (Å²) >= 11 is 0. The highest BCUT2D eigenvalue weighted by Crippen LogP contribution is 2.52. The van der Waals surface area contributed by atoms with E-state index in [2.05, 4.69) is 27.6 Å². The monoisotopic (exact) mass is 484 g/mol. The van der Waals surface area contributed by atoms with Crippen LogP contribution >= 0.6 is 0 Å². The molecule has 8 heteroatoms. The summed E-state index contributed by atoms with van der Waals surface area (Å²) in [6, 6.07) is 9.93. The number of carbonyl (C=O) groups excluding carboxylic acids is 1. The highest BCUT2D eigenvalue weighted by atomic mass is 19.3. The lowest BCUT2D eigenvalue weighted by Crippen LogP contribution is -2.28. The SMILES string of the molecule is CC1(c2cc3cc(NC(=O)C4(c5ccc6c(c5)CC(F)(F)O6)CC4)c(F)cc3n2CCCO)CC1. The number of carbonyl (C=O) groups is 1. The number of fused-ring (bicyclic) bond motifs is 2. The smallest absolute Gasteiger partial charge is 0.402 e. The van der Waals surface area contributed by atoms with Crippen LogP contribution in [0.25, 0.3) is 10.9 Å². The van der Waals surface area contributed by atoms with Crippen molar-refractivity contribution < 1.29 is 27.8 Å². The summed E-state index contributed by atoms with van der Waals surface area (Å²) in [7, 11) is 0. The number of aromatic nitrogens is 1. The first-order valence-electron chi connectivity index (χ1n) is 12.1. The molecule has 35 heavy (non-hydrogen) atoms. The van der Waals surface area contributed by atoms with Gasteiger partial charge in [0.2, 0.25) is 5.91 Å². The van der Waals surface area contributed by atoms with E-state index in [4.69, 9.17) is 0 Å². The Balaban J connectivity index is 1.30. The molecule has 1 aromatic heterocycles. The zero-order valence-corrected chi connectivity index (χ0v) is 19.5. The second kappa shape index (κ2) is 7.50. The third kappa shape index (κ3) is 3.69. The third-order valence-corrected chi connectivity index (χ3v) is 7.85. The fourth-order valence-electron chi connectivity index (χ4n) is 5.34. The van der Waals surface area contributed by atoms with E-state index in [1.807, 2.05) is 0 Å². The molecule has 6 rings (SSSR count). The Hall–Kier alpha value is -3.00. The minimum atomic E-state index is -3.23. The first-order chi connectivity index (χ1) is 16.6. The normalized spacial score (nSPS) is 20.4. The fraction of sp³-hybridized carbons (Fsp3) is 0.444. The van der Waals surface area contributed by atoms with Gasteiger partial charge in [0.05, 0.1) is 23.0 Å². The van der Waals surface area contributed by atoms with Crippen molar-refractivity contribution >= 4 is 22.5 Å².